The van der Waals surface area contributed by atoms with Gasteiger partial charge in [0.25, 0.3) is 5.91 Å². The smallest absolute Gasteiger partial charge is 0.266 e. The molecule has 0 saturated heterocycles. The molecule has 1 amide bonds. The van der Waals surface area contributed by atoms with Crippen LogP contribution in [0.1, 0.15) is 28.1 Å². The van der Waals surface area contributed by atoms with E-state index in [1.807, 2.05) is 26.0 Å². The lowest BCUT2D eigenvalue weighted by Crippen LogP contribution is -2.14. The van der Waals surface area contributed by atoms with E-state index in [0.717, 1.165) is 22.6 Å². The lowest BCUT2D eigenvalue weighted by Gasteiger charge is -2.12. The number of benzene rings is 2. The number of rotatable bonds is 5. The third-order valence-electron chi connectivity index (χ3n) is 5.29. The monoisotopic (exact) mass is 433 g/mol. The summed E-state index contributed by atoms with van der Waals surface area (Å²) >= 11 is 6.03. The van der Waals surface area contributed by atoms with Crippen LogP contribution in [0.4, 0.5) is 5.69 Å². The van der Waals surface area contributed by atoms with Gasteiger partial charge < -0.3 is 14.6 Å². The number of halogens is 1. The highest BCUT2D eigenvalue weighted by molar-refractivity contribution is 6.31. The fraction of sp³-hybridized carbons (Fsp3) is 0.200. The molecule has 0 bridgehead atoms. The van der Waals surface area contributed by atoms with Crippen LogP contribution in [0.3, 0.4) is 0 Å². The molecule has 6 heteroatoms. The number of nitrogens with zero attached hydrogens (tertiary/aromatic N) is 2. The molecule has 0 fully saturated rings. The Morgan fingerprint density at radius 3 is 2.48 bits per heavy atom. The maximum absolute atomic E-state index is 12.8. The van der Waals surface area contributed by atoms with E-state index in [9.17, 15) is 10.1 Å². The fourth-order valence-corrected chi connectivity index (χ4v) is 3.64. The van der Waals surface area contributed by atoms with E-state index in [1.54, 1.807) is 24.3 Å². The number of carbonyl (C=O) groups is 1. The van der Waals surface area contributed by atoms with Crippen molar-refractivity contribution < 1.29 is 9.53 Å². The van der Waals surface area contributed by atoms with Gasteiger partial charge in [-0.15, -0.1) is 0 Å². The first-order valence-electron chi connectivity index (χ1n) is 9.78. The van der Waals surface area contributed by atoms with E-state index in [4.69, 9.17) is 16.3 Å². The average molecular weight is 434 g/mol. The van der Waals surface area contributed by atoms with E-state index in [-0.39, 0.29) is 5.57 Å². The Bertz CT molecular complexity index is 1230. The minimum absolute atomic E-state index is 0.0117. The van der Waals surface area contributed by atoms with Gasteiger partial charge in [0.2, 0.25) is 0 Å². The first kappa shape index (κ1) is 22.2. The zero-order valence-corrected chi connectivity index (χ0v) is 19.0. The molecule has 1 aromatic heterocycles. The van der Waals surface area contributed by atoms with Crippen molar-refractivity contribution in [3.05, 3.63) is 81.1 Å². The SMILES string of the molecule is COc1ccc(Cl)cc1NC(=O)/C(C#N)=C/c1cc(C)n(-c2ccc(C)c(C)c2)c1C. The summed E-state index contributed by atoms with van der Waals surface area (Å²) in [5, 5.41) is 12.8. The van der Waals surface area contributed by atoms with Crippen LogP contribution >= 0.6 is 11.6 Å². The zero-order chi connectivity index (χ0) is 22.7. The van der Waals surface area contributed by atoms with Crippen molar-refractivity contribution in [2.75, 3.05) is 12.4 Å². The summed E-state index contributed by atoms with van der Waals surface area (Å²) in [6.07, 6.45) is 1.60. The molecule has 0 unspecified atom stereocenters. The number of aromatic nitrogens is 1. The molecule has 0 aliphatic heterocycles. The van der Waals surface area contributed by atoms with Crippen molar-refractivity contribution in [1.82, 2.24) is 4.57 Å². The Labute approximate surface area is 187 Å². The minimum atomic E-state index is -0.529. The van der Waals surface area contributed by atoms with Crippen LogP contribution in [0.5, 0.6) is 5.75 Å². The van der Waals surface area contributed by atoms with Crippen LogP contribution in [-0.2, 0) is 4.79 Å². The number of amides is 1. The molecule has 31 heavy (non-hydrogen) atoms. The molecule has 0 aliphatic carbocycles. The Kier molecular flexibility index (Phi) is 6.53. The standard InChI is InChI=1S/C25H24ClN3O2/c1-15-6-8-22(10-16(15)2)29-17(3)11-19(18(29)4)12-20(14-27)25(30)28-23-13-21(26)7-9-24(23)31-5/h6-13H,1-5H3,(H,28,30)/b20-12+. The zero-order valence-electron chi connectivity index (χ0n) is 18.2. The summed E-state index contributed by atoms with van der Waals surface area (Å²) in [7, 11) is 1.50. The van der Waals surface area contributed by atoms with Crippen LogP contribution in [0.2, 0.25) is 5.02 Å². The second kappa shape index (κ2) is 9.11. The maximum atomic E-state index is 12.8. The Morgan fingerprint density at radius 2 is 1.84 bits per heavy atom. The Hall–Kier alpha value is -3.49. The lowest BCUT2D eigenvalue weighted by atomic mass is 10.1. The van der Waals surface area contributed by atoms with E-state index >= 15 is 0 Å². The second-order valence-corrected chi connectivity index (χ2v) is 7.84. The van der Waals surface area contributed by atoms with Gasteiger partial charge in [-0.3, -0.25) is 4.79 Å². The molecule has 0 spiro atoms. The van der Waals surface area contributed by atoms with Crippen LogP contribution < -0.4 is 10.1 Å². The second-order valence-electron chi connectivity index (χ2n) is 7.40. The molecular weight excluding hydrogens is 410 g/mol. The van der Waals surface area contributed by atoms with E-state index in [1.165, 1.54) is 18.2 Å². The van der Waals surface area contributed by atoms with Crippen molar-refractivity contribution in [3.63, 3.8) is 0 Å². The van der Waals surface area contributed by atoms with Crippen LogP contribution in [0.15, 0.2) is 48.0 Å². The summed E-state index contributed by atoms with van der Waals surface area (Å²) in [6, 6.07) is 15.2. The number of ether oxygens (including phenoxy) is 1. The molecule has 0 atom stereocenters. The first-order chi connectivity index (χ1) is 14.7. The molecule has 1 N–H and O–H groups in total. The van der Waals surface area contributed by atoms with Gasteiger partial charge in [-0.25, -0.2) is 0 Å². The van der Waals surface area contributed by atoms with E-state index in [2.05, 4.69) is 41.9 Å². The normalized spacial score (nSPS) is 11.2. The van der Waals surface area contributed by atoms with Crippen molar-refractivity contribution in [3.8, 4) is 17.5 Å². The van der Waals surface area contributed by atoms with Gasteiger partial charge in [0, 0.05) is 22.1 Å². The number of methoxy groups -OCH3 is 1. The maximum Gasteiger partial charge on any atom is 0.266 e. The Morgan fingerprint density at radius 1 is 1.10 bits per heavy atom. The Balaban J connectivity index is 1.96. The first-order valence-corrected chi connectivity index (χ1v) is 10.2. The molecule has 1 heterocycles. The van der Waals surface area contributed by atoms with Crippen molar-refractivity contribution in [2.45, 2.75) is 27.7 Å². The van der Waals surface area contributed by atoms with Gasteiger partial charge in [-0.2, -0.15) is 5.26 Å². The largest absolute Gasteiger partial charge is 0.495 e. The molecule has 5 nitrogen and oxygen atoms in total. The number of nitriles is 1. The highest BCUT2D eigenvalue weighted by Gasteiger charge is 2.16. The summed E-state index contributed by atoms with van der Waals surface area (Å²) in [6.45, 7) is 8.13. The predicted molar refractivity (Wildman–Crippen MR) is 125 cm³/mol. The minimum Gasteiger partial charge on any atom is -0.495 e. The predicted octanol–water partition coefficient (Wildman–Crippen LogP) is 5.92. The van der Waals surface area contributed by atoms with Gasteiger partial charge in [-0.05, 0) is 86.9 Å². The number of hydrogen-bond acceptors (Lipinski definition) is 3. The van der Waals surface area contributed by atoms with Gasteiger partial charge in [0.05, 0.1) is 12.8 Å². The summed E-state index contributed by atoms with van der Waals surface area (Å²) in [4.78, 5) is 12.8. The molecule has 3 aromatic rings. The summed E-state index contributed by atoms with van der Waals surface area (Å²) < 4.78 is 7.38. The van der Waals surface area contributed by atoms with Gasteiger partial charge in [-0.1, -0.05) is 17.7 Å². The number of carbonyl (C=O) groups excluding carboxylic acids is 1. The van der Waals surface area contributed by atoms with Crippen LogP contribution in [0.25, 0.3) is 11.8 Å². The van der Waals surface area contributed by atoms with Crippen molar-refractivity contribution in [2.24, 2.45) is 0 Å². The number of anilines is 1. The lowest BCUT2D eigenvalue weighted by molar-refractivity contribution is -0.112. The molecule has 0 aliphatic rings. The van der Waals surface area contributed by atoms with E-state index in [0.29, 0.717) is 16.5 Å². The highest BCUT2D eigenvalue weighted by atomic mass is 35.5. The number of hydrogen-bond donors (Lipinski definition) is 1. The summed E-state index contributed by atoms with van der Waals surface area (Å²) in [5.74, 6) is -0.0676. The van der Waals surface area contributed by atoms with Gasteiger partial charge in [0.1, 0.15) is 17.4 Å². The van der Waals surface area contributed by atoms with Crippen LogP contribution in [-0.4, -0.2) is 17.6 Å². The van der Waals surface area contributed by atoms with Gasteiger partial charge >= 0.3 is 0 Å². The molecule has 0 radical (unpaired) electrons. The molecular formula is C25H24ClN3O2. The quantitative estimate of drug-likeness (QED) is 0.401. The van der Waals surface area contributed by atoms with E-state index < -0.39 is 5.91 Å². The molecule has 0 saturated carbocycles. The number of nitrogens with one attached hydrogen (secondary N) is 1. The fourth-order valence-electron chi connectivity index (χ4n) is 3.47. The van der Waals surface area contributed by atoms with Crippen LogP contribution in [0, 0.1) is 39.0 Å². The molecule has 2 aromatic carbocycles. The number of aryl methyl sites for hydroxylation is 3. The topological polar surface area (TPSA) is 67.0 Å². The van der Waals surface area contributed by atoms with Gasteiger partial charge in [0.15, 0.2) is 0 Å². The van der Waals surface area contributed by atoms with Crippen molar-refractivity contribution in [1.29, 1.82) is 5.26 Å². The molecule has 158 valence electrons. The third kappa shape index (κ3) is 4.65. The highest BCUT2D eigenvalue weighted by Crippen LogP contribution is 2.29. The average Bonchev–Trinajstić information content (AvgIpc) is 3.01. The summed E-state index contributed by atoms with van der Waals surface area (Å²) in [5.41, 5.74) is 6.64. The van der Waals surface area contributed by atoms with Crippen molar-refractivity contribution >= 4 is 29.3 Å². The molecule has 3 rings (SSSR count). The third-order valence-corrected chi connectivity index (χ3v) is 5.53.